The van der Waals surface area contributed by atoms with Crippen molar-refractivity contribution in [3.05, 3.63) is 23.4 Å². The van der Waals surface area contributed by atoms with Gasteiger partial charge in [-0.25, -0.2) is 4.98 Å². The summed E-state index contributed by atoms with van der Waals surface area (Å²) in [6.07, 6.45) is 1.74. The highest BCUT2D eigenvalue weighted by Crippen LogP contribution is 2.21. The fraction of sp³-hybridized carbons (Fsp3) is 0.538. The molecule has 1 aromatic rings. The van der Waals surface area contributed by atoms with Gasteiger partial charge in [-0.2, -0.15) is 5.26 Å². The fourth-order valence-corrected chi connectivity index (χ4v) is 1.70. The molecule has 1 rings (SSSR count). The van der Waals surface area contributed by atoms with Gasteiger partial charge in [-0.3, -0.25) is 0 Å². The summed E-state index contributed by atoms with van der Waals surface area (Å²) < 4.78 is 5.10. The summed E-state index contributed by atoms with van der Waals surface area (Å²) in [5, 5.41) is 9.21. The van der Waals surface area contributed by atoms with Crippen molar-refractivity contribution >= 4 is 5.82 Å². The van der Waals surface area contributed by atoms with Crippen LogP contribution in [0.4, 0.5) is 5.82 Å². The lowest BCUT2D eigenvalue weighted by atomic mass is 10.1. The Bertz CT molecular complexity index is 410. The summed E-state index contributed by atoms with van der Waals surface area (Å²) in [6.45, 7) is 7.46. The molecule has 4 nitrogen and oxygen atoms in total. The number of hydrogen-bond donors (Lipinski definition) is 0. The molecule has 0 N–H and O–H groups in total. The minimum atomic E-state index is 0.284. The lowest BCUT2D eigenvalue weighted by Crippen LogP contribution is -2.35. The van der Waals surface area contributed by atoms with E-state index in [0.29, 0.717) is 12.2 Å². The first-order valence-electron chi connectivity index (χ1n) is 5.73. The molecule has 0 aliphatic rings. The molecular formula is C13H19N3O. The van der Waals surface area contributed by atoms with E-state index in [0.717, 1.165) is 17.9 Å². The first-order valence-corrected chi connectivity index (χ1v) is 5.73. The zero-order valence-corrected chi connectivity index (χ0v) is 10.9. The zero-order valence-electron chi connectivity index (χ0n) is 10.9. The molecule has 0 amide bonds. The molecule has 0 saturated heterocycles. The first kappa shape index (κ1) is 13.5. The Labute approximate surface area is 103 Å². The van der Waals surface area contributed by atoms with Gasteiger partial charge in [-0.05, 0) is 32.4 Å². The van der Waals surface area contributed by atoms with E-state index in [9.17, 15) is 5.26 Å². The highest BCUT2D eigenvalue weighted by Gasteiger charge is 2.16. The zero-order chi connectivity index (χ0) is 12.8. The molecule has 0 radical (unpaired) electrons. The third kappa shape index (κ3) is 3.18. The van der Waals surface area contributed by atoms with Gasteiger partial charge in [0.1, 0.15) is 11.9 Å². The Balaban J connectivity index is 3.10. The van der Waals surface area contributed by atoms with Crippen LogP contribution < -0.4 is 4.90 Å². The monoisotopic (exact) mass is 233 g/mol. The third-order valence-corrected chi connectivity index (χ3v) is 2.68. The SMILES string of the molecule is COCCN(c1nccc(C)c1C#N)C(C)C. The van der Waals surface area contributed by atoms with E-state index < -0.39 is 0 Å². The summed E-state index contributed by atoms with van der Waals surface area (Å²) in [6, 6.07) is 4.37. The molecule has 0 aromatic carbocycles. The van der Waals surface area contributed by atoms with Gasteiger partial charge in [0.05, 0.1) is 12.2 Å². The van der Waals surface area contributed by atoms with E-state index in [1.807, 2.05) is 13.0 Å². The second-order valence-electron chi connectivity index (χ2n) is 4.22. The van der Waals surface area contributed by atoms with Crippen molar-refractivity contribution in [3.8, 4) is 6.07 Å². The van der Waals surface area contributed by atoms with Gasteiger partial charge in [0.15, 0.2) is 0 Å². The van der Waals surface area contributed by atoms with E-state index in [1.54, 1.807) is 13.3 Å². The number of pyridine rings is 1. The Morgan fingerprint density at radius 1 is 1.53 bits per heavy atom. The van der Waals surface area contributed by atoms with Crippen molar-refractivity contribution in [1.29, 1.82) is 5.26 Å². The van der Waals surface area contributed by atoms with Crippen molar-refractivity contribution in [1.82, 2.24) is 4.98 Å². The molecule has 4 heteroatoms. The van der Waals surface area contributed by atoms with E-state index in [1.165, 1.54) is 0 Å². The normalized spacial score (nSPS) is 10.4. The Morgan fingerprint density at radius 3 is 2.76 bits per heavy atom. The molecule has 0 atom stereocenters. The maximum atomic E-state index is 9.21. The number of anilines is 1. The molecule has 92 valence electrons. The van der Waals surface area contributed by atoms with Gasteiger partial charge in [-0.15, -0.1) is 0 Å². The van der Waals surface area contributed by atoms with Crippen molar-refractivity contribution in [2.45, 2.75) is 26.8 Å². The summed E-state index contributed by atoms with van der Waals surface area (Å²) in [5.74, 6) is 0.750. The second kappa shape index (κ2) is 6.21. The van der Waals surface area contributed by atoms with Gasteiger partial charge in [0.2, 0.25) is 0 Å². The summed E-state index contributed by atoms with van der Waals surface area (Å²) in [4.78, 5) is 6.43. The quantitative estimate of drug-likeness (QED) is 0.781. The average molecular weight is 233 g/mol. The van der Waals surface area contributed by atoms with Gasteiger partial charge >= 0.3 is 0 Å². The lowest BCUT2D eigenvalue weighted by molar-refractivity contribution is 0.203. The molecule has 0 unspecified atom stereocenters. The number of rotatable bonds is 5. The van der Waals surface area contributed by atoms with E-state index >= 15 is 0 Å². The lowest BCUT2D eigenvalue weighted by Gasteiger charge is -2.28. The maximum Gasteiger partial charge on any atom is 0.147 e. The number of hydrogen-bond acceptors (Lipinski definition) is 4. The van der Waals surface area contributed by atoms with Crippen LogP contribution in [-0.4, -0.2) is 31.3 Å². The van der Waals surface area contributed by atoms with Crippen LogP contribution in [0.3, 0.4) is 0 Å². The number of aromatic nitrogens is 1. The highest BCUT2D eigenvalue weighted by molar-refractivity contribution is 5.57. The van der Waals surface area contributed by atoms with Crippen LogP contribution in [-0.2, 0) is 4.74 Å². The van der Waals surface area contributed by atoms with Crippen molar-refractivity contribution < 1.29 is 4.74 Å². The molecule has 0 spiro atoms. The van der Waals surface area contributed by atoms with Gasteiger partial charge in [-0.1, -0.05) is 0 Å². The van der Waals surface area contributed by atoms with Crippen molar-refractivity contribution in [2.24, 2.45) is 0 Å². The van der Waals surface area contributed by atoms with Gasteiger partial charge < -0.3 is 9.64 Å². The number of aryl methyl sites for hydroxylation is 1. The number of nitriles is 1. The fourth-order valence-electron chi connectivity index (χ4n) is 1.70. The molecule has 1 aromatic heterocycles. The van der Waals surface area contributed by atoms with Crippen LogP contribution in [0.2, 0.25) is 0 Å². The van der Waals surface area contributed by atoms with Crippen LogP contribution >= 0.6 is 0 Å². The molecule has 0 aliphatic carbocycles. The molecule has 0 saturated carbocycles. The topological polar surface area (TPSA) is 49.1 Å². The second-order valence-corrected chi connectivity index (χ2v) is 4.22. The minimum absolute atomic E-state index is 0.284. The minimum Gasteiger partial charge on any atom is -0.383 e. The Kier molecular flexibility index (Phi) is 4.92. The largest absolute Gasteiger partial charge is 0.383 e. The number of ether oxygens (including phenoxy) is 1. The Morgan fingerprint density at radius 2 is 2.24 bits per heavy atom. The van der Waals surface area contributed by atoms with Crippen LogP contribution in [0.1, 0.15) is 25.0 Å². The molecule has 17 heavy (non-hydrogen) atoms. The van der Waals surface area contributed by atoms with Crippen LogP contribution in [0, 0.1) is 18.3 Å². The van der Waals surface area contributed by atoms with Crippen LogP contribution in [0.25, 0.3) is 0 Å². The first-order chi connectivity index (χ1) is 8.11. The van der Waals surface area contributed by atoms with Crippen LogP contribution in [0.15, 0.2) is 12.3 Å². The highest BCUT2D eigenvalue weighted by atomic mass is 16.5. The molecule has 1 heterocycles. The van der Waals surface area contributed by atoms with Crippen molar-refractivity contribution in [2.75, 3.05) is 25.2 Å². The standard InChI is InChI=1S/C13H19N3O/c1-10(2)16(7-8-17-4)13-12(9-14)11(3)5-6-15-13/h5-6,10H,7-8H2,1-4H3. The Hall–Kier alpha value is -1.60. The van der Waals surface area contributed by atoms with E-state index in [4.69, 9.17) is 4.74 Å². The van der Waals surface area contributed by atoms with E-state index in [2.05, 4.69) is 29.8 Å². The molecule has 0 bridgehead atoms. The summed E-state index contributed by atoms with van der Waals surface area (Å²) >= 11 is 0. The molecular weight excluding hydrogens is 214 g/mol. The van der Waals surface area contributed by atoms with Gasteiger partial charge in [0, 0.05) is 25.9 Å². The van der Waals surface area contributed by atoms with E-state index in [-0.39, 0.29) is 6.04 Å². The predicted octanol–water partition coefficient (Wildman–Crippen LogP) is 2.12. The van der Waals surface area contributed by atoms with Crippen molar-refractivity contribution in [3.63, 3.8) is 0 Å². The van der Waals surface area contributed by atoms with Gasteiger partial charge in [0.25, 0.3) is 0 Å². The molecule has 0 aliphatic heterocycles. The van der Waals surface area contributed by atoms with Crippen LogP contribution in [0.5, 0.6) is 0 Å². The maximum absolute atomic E-state index is 9.21. The smallest absolute Gasteiger partial charge is 0.147 e. The molecule has 0 fully saturated rings. The number of methoxy groups -OCH3 is 1. The number of nitrogens with zero attached hydrogens (tertiary/aromatic N) is 3. The summed E-state index contributed by atoms with van der Waals surface area (Å²) in [5.41, 5.74) is 1.61. The predicted molar refractivity (Wildman–Crippen MR) is 68.0 cm³/mol. The summed E-state index contributed by atoms with van der Waals surface area (Å²) in [7, 11) is 1.67. The third-order valence-electron chi connectivity index (χ3n) is 2.68. The average Bonchev–Trinajstić information content (AvgIpc) is 2.29.